The molecule has 0 bridgehead atoms. The Labute approximate surface area is 205 Å². The summed E-state index contributed by atoms with van der Waals surface area (Å²) in [6, 6.07) is 24.7. The molecule has 0 aliphatic rings. The molecule has 0 atom stereocenters. The molecule has 5 aromatic rings. The second kappa shape index (κ2) is 9.33. The number of aromatic nitrogens is 1. The van der Waals surface area contributed by atoms with Crippen LogP contribution in [0.5, 0.6) is 5.75 Å². The highest BCUT2D eigenvalue weighted by atomic mass is 35.5. The highest BCUT2D eigenvalue weighted by molar-refractivity contribution is 7.21. The zero-order valence-corrected chi connectivity index (χ0v) is 20.0. The maximum atomic E-state index is 13.7. The fourth-order valence-electron chi connectivity index (χ4n) is 3.98. The number of rotatable bonds is 6. The number of hydrogen-bond acceptors (Lipinski definition) is 4. The van der Waals surface area contributed by atoms with Crippen LogP contribution in [0.1, 0.15) is 20.8 Å². The van der Waals surface area contributed by atoms with E-state index in [4.69, 9.17) is 16.3 Å². The van der Waals surface area contributed by atoms with Gasteiger partial charge in [-0.25, -0.2) is 0 Å². The first kappa shape index (κ1) is 22.2. The largest absolute Gasteiger partial charge is 0.497 e. The molecule has 5 nitrogen and oxygen atoms in total. The Balaban J connectivity index is 1.56. The first-order valence-corrected chi connectivity index (χ1v) is 11.9. The maximum Gasteiger partial charge on any atom is 0.266 e. The van der Waals surface area contributed by atoms with Crippen LogP contribution in [0.15, 0.2) is 83.7 Å². The number of hydrogen-bond donors (Lipinski definition) is 1. The van der Waals surface area contributed by atoms with Crippen molar-refractivity contribution in [2.45, 2.75) is 13.1 Å². The second-order valence-electron chi connectivity index (χ2n) is 7.97. The Morgan fingerprint density at radius 2 is 1.76 bits per heavy atom. The van der Waals surface area contributed by atoms with Crippen molar-refractivity contribution < 1.29 is 9.53 Å². The summed E-state index contributed by atoms with van der Waals surface area (Å²) in [6.07, 6.45) is 0. The molecule has 34 heavy (non-hydrogen) atoms. The normalized spacial score (nSPS) is 11.1. The average Bonchev–Trinajstić information content (AvgIpc) is 3.20. The number of ether oxygens (including phenoxy) is 1. The number of pyridine rings is 1. The summed E-state index contributed by atoms with van der Waals surface area (Å²) in [6.45, 7) is 0.487. The molecule has 170 valence electrons. The molecule has 0 aliphatic heterocycles. The van der Waals surface area contributed by atoms with Crippen molar-refractivity contribution in [2.75, 3.05) is 7.11 Å². The standard InChI is InChI=1S/C27H21ClN2O3S/c1-33-20-11-12-22-18(14-20)13-19(26(31)29-22)16-30(15-17-7-3-2-4-8-17)27(32)25-24(28)21-9-5-6-10-23(21)34-25/h2-14H,15-16H2,1H3,(H,29,31). The molecule has 0 radical (unpaired) electrons. The Morgan fingerprint density at radius 3 is 2.53 bits per heavy atom. The van der Waals surface area contributed by atoms with Crippen molar-refractivity contribution in [3.63, 3.8) is 0 Å². The van der Waals surface area contributed by atoms with Crippen LogP contribution < -0.4 is 10.3 Å². The Bertz CT molecular complexity index is 1560. The maximum absolute atomic E-state index is 13.7. The summed E-state index contributed by atoms with van der Waals surface area (Å²) in [7, 11) is 1.60. The van der Waals surface area contributed by atoms with Crippen molar-refractivity contribution in [3.05, 3.63) is 110 Å². The highest BCUT2D eigenvalue weighted by Gasteiger charge is 2.24. The van der Waals surface area contributed by atoms with Gasteiger partial charge in [-0.2, -0.15) is 0 Å². The average molecular weight is 489 g/mol. The van der Waals surface area contributed by atoms with E-state index in [0.29, 0.717) is 33.3 Å². The smallest absolute Gasteiger partial charge is 0.266 e. The molecule has 1 amide bonds. The third-order valence-electron chi connectivity index (χ3n) is 5.72. The Kier molecular flexibility index (Phi) is 6.09. The van der Waals surface area contributed by atoms with E-state index in [9.17, 15) is 9.59 Å². The van der Waals surface area contributed by atoms with Crippen molar-refractivity contribution in [1.82, 2.24) is 9.88 Å². The van der Waals surface area contributed by atoms with Crippen LogP contribution in [0.4, 0.5) is 0 Å². The van der Waals surface area contributed by atoms with E-state index in [1.807, 2.05) is 72.8 Å². The number of nitrogens with zero attached hydrogens (tertiary/aromatic N) is 1. The number of benzene rings is 3. The van der Waals surface area contributed by atoms with Crippen molar-refractivity contribution in [3.8, 4) is 5.75 Å². The predicted molar refractivity (Wildman–Crippen MR) is 138 cm³/mol. The monoisotopic (exact) mass is 488 g/mol. The zero-order chi connectivity index (χ0) is 23.7. The molecular weight excluding hydrogens is 468 g/mol. The lowest BCUT2D eigenvalue weighted by atomic mass is 10.1. The lowest BCUT2D eigenvalue weighted by molar-refractivity contribution is 0.0734. The van der Waals surface area contributed by atoms with E-state index in [0.717, 1.165) is 21.0 Å². The molecule has 1 N–H and O–H groups in total. The van der Waals surface area contributed by atoms with Gasteiger partial charge in [0.25, 0.3) is 11.5 Å². The zero-order valence-electron chi connectivity index (χ0n) is 18.4. The number of halogens is 1. The number of H-pyrrole nitrogens is 1. The van der Waals surface area contributed by atoms with Crippen LogP contribution in [0.2, 0.25) is 5.02 Å². The minimum absolute atomic E-state index is 0.140. The van der Waals surface area contributed by atoms with Crippen LogP contribution in [0.3, 0.4) is 0 Å². The van der Waals surface area contributed by atoms with Gasteiger partial charge in [0.2, 0.25) is 0 Å². The SMILES string of the molecule is COc1ccc2[nH]c(=O)c(CN(Cc3ccccc3)C(=O)c3sc4ccccc4c3Cl)cc2c1. The molecule has 2 aromatic heterocycles. The Hall–Kier alpha value is -3.61. The quantitative estimate of drug-likeness (QED) is 0.307. The summed E-state index contributed by atoms with van der Waals surface area (Å²) in [4.78, 5) is 31.7. The number of aromatic amines is 1. The highest BCUT2D eigenvalue weighted by Crippen LogP contribution is 2.36. The Morgan fingerprint density at radius 1 is 1.00 bits per heavy atom. The molecule has 0 saturated carbocycles. The van der Waals surface area contributed by atoms with Crippen molar-refractivity contribution in [1.29, 1.82) is 0 Å². The van der Waals surface area contributed by atoms with Gasteiger partial charge in [0.05, 0.1) is 18.7 Å². The van der Waals surface area contributed by atoms with Crippen LogP contribution in [-0.2, 0) is 13.1 Å². The summed E-state index contributed by atoms with van der Waals surface area (Å²) < 4.78 is 6.27. The molecule has 0 saturated heterocycles. The molecule has 5 rings (SSSR count). The van der Waals surface area contributed by atoms with Gasteiger partial charge < -0.3 is 14.6 Å². The summed E-state index contributed by atoms with van der Waals surface area (Å²) in [5.41, 5.74) is 1.93. The third kappa shape index (κ3) is 4.30. The van der Waals surface area contributed by atoms with Gasteiger partial charge in [0.15, 0.2) is 0 Å². The van der Waals surface area contributed by atoms with E-state index in [1.54, 1.807) is 18.1 Å². The van der Waals surface area contributed by atoms with Gasteiger partial charge in [-0.1, -0.05) is 60.1 Å². The van der Waals surface area contributed by atoms with Gasteiger partial charge in [-0.05, 0) is 35.9 Å². The minimum Gasteiger partial charge on any atom is -0.497 e. The topological polar surface area (TPSA) is 62.4 Å². The van der Waals surface area contributed by atoms with E-state index in [-0.39, 0.29) is 18.0 Å². The number of thiophene rings is 1. The lowest BCUT2D eigenvalue weighted by Crippen LogP contribution is -2.32. The molecule has 0 spiro atoms. The van der Waals surface area contributed by atoms with Gasteiger partial charge in [0.1, 0.15) is 10.6 Å². The third-order valence-corrected chi connectivity index (χ3v) is 7.39. The van der Waals surface area contributed by atoms with Gasteiger partial charge in [-0.3, -0.25) is 9.59 Å². The second-order valence-corrected chi connectivity index (χ2v) is 9.40. The summed E-state index contributed by atoms with van der Waals surface area (Å²) >= 11 is 7.99. The summed E-state index contributed by atoms with van der Waals surface area (Å²) in [5, 5.41) is 2.13. The van der Waals surface area contributed by atoms with Crippen molar-refractivity contribution in [2.24, 2.45) is 0 Å². The molecule has 0 fully saturated rings. The van der Waals surface area contributed by atoms with E-state index in [1.165, 1.54) is 11.3 Å². The van der Waals surface area contributed by atoms with Crippen LogP contribution in [0, 0.1) is 0 Å². The fourth-order valence-corrected chi connectivity index (χ4v) is 5.46. The fraction of sp³-hybridized carbons (Fsp3) is 0.111. The minimum atomic E-state index is -0.231. The molecule has 2 heterocycles. The molecule has 3 aromatic carbocycles. The van der Waals surface area contributed by atoms with E-state index in [2.05, 4.69) is 4.98 Å². The number of fused-ring (bicyclic) bond motifs is 2. The van der Waals surface area contributed by atoms with Crippen LogP contribution >= 0.6 is 22.9 Å². The lowest BCUT2D eigenvalue weighted by Gasteiger charge is -2.22. The first-order chi connectivity index (χ1) is 16.5. The first-order valence-electron chi connectivity index (χ1n) is 10.7. The predicted octanol–water partition coefficient (Wildman–Crippen LogP) is 6.25. The van der Waals surface area contributed by atoms with Gasteiger partial charge >= 0.3 is 0 Å². The molecule has 0 aliphatic carbocycles. The number of methoxy groups -OCH3 is 1. The number of carbonyl (C=O) groups is 1. The number of amides is 1. The van der Waals surface area contributed by atoms with Crippen LogP contribution in [0.25, 0.3) is 21.0 Å². The van der Waals surface area contributed by atoms with Crippen molar-refractivity contribution >= 4 is 49.8 Å². The molecule has 0 unspecified atom stereocenters. The van der Waals surface area contributed by atoms with Gasteiger partial charge in [-0.15, -0.1) is 11.3 Å². The van der Waals surface area contributed by atoms with E-state index >= 15 is 0 Å². The number of carbonyl (C=O) groups excluding carboxylic acids is 1. The van der Waals surface area contributed by atoms with Crippen LogP contribution in [-0.4, -0.2) is 22.9 Å². The summed E-state index contributed by atoms with van der Waals surface area (Å²) in [5.74, 6) is 0.486. The van der Waals surface area contributed by atoms with Gasteiger partial charge in [0, 0.05) is 33.1 Å². The molecule has 7 heteroatoms. The number of nitrogens with one attached hydrogen (secondary N) is 1. The van der Waals surface area contributed by atoms with E-state index < -0.39 is 0 Å². The molecular formula is C27H21ClN2O3S.